The molecule has 1 atom stereocenters. The lowest BCUT2D eigenvalue weighted by Gasteiger charge is -2.33. The molecule has 2 rings (SSSR count). The van der Waals surface area contributed by atoms with Gasteiger partial charge in [-0.3, -0.25) is 0 Å². The third-order valence-electron chi connectivity index (χ3n) is 3.89. The Morgan fingerprint density at radius 2 is 2.18 bits per heavy atom. The van der Waals surface area contributed by atoms with Crippen molar-refractivity contribution in [2.24, 2.45) is 0 Å². The molecule has 1 saturated heterocycles. The Labute approximate surface area is 130 Å². The zero-order valence-electron chi connectivity index (χ0n) is 12.6. The molecule has 120 valence electrons. The predicted molar refractivity (Wildman–Crippen MR) is 79.8 cm³/mol. The van der Waals surface area contributed by atoms with Gasteiger partial charge < -0.3 is 5.11 Å². The zero-order valence-corrected chi connectivity index (χ0v) is 13.4. The van der Waals surface area contributed by atoms with Crippen molar-refractivity contribution >= 4 is 10.0 Å². The highest BCUT2D eigenvalue weighted by Gasteiger charge is 2.42. The third-order valence-corrected chi connectivity index (χ3v) is 5.72. The van der Waals surface area contributed by atoms with E-state index in [1.807, 2.05) is 6.07 Å². The molecule has 1 heterocycles. The Morgan fingerprint density at radius 3 is 2.77 bits per heavy atom. The van der Waals surface area contributed by atoms with Crippen LogP contribution in [0.15, 0.2) is 18.2 Å². The van der Waals surface area contributed by atoms with Gasteiger partial charge in [0.1, 0.15) is 5.82 Å². The summed E-state index contributed by atoms with van der Waals surface area (Å²) >= 11 is 0. The molecule has 5 nitrogen and oxygen atoms in total. The fourth-order valence-electron chi connectivity index (χ4n) is 2.81. The molecule has 1 aliphatic heterocycles. The van der Waals surface area contributed by atoms with Crippen LogP contribution in [0.3, 0.4) is 0 Å². The number of halogens is 1. The van der Waals surface area contributed by atoms with E-state index in [-0.39, 0.29) is 11.1 Å². The molecule has 0 spiro atoms. The molecule has 1 aromatic carbocycles. The monoisotopic (exact) mass is 326 g/mol. The summed E-state index contributed by atoms with van der Waals surface area (Å²) < 4.78 is 40.2. The SMILES string of the molecule is CC(C)(O)C1CCCN1S(=O)(=O)Cc1cc(C#N)ccc1F. The lowest BCUT2D eigenvalue weighted by molar-refractivity contribution is 0.0214. The van der Waals surface area contributed by atoms with Crippen LogP contribution in [0, 0.1) is 17.1 Å². The molecule has 22 heavy (non-hydrogen) atoms. The highest BCUT2D eigenvalue weighted by Crippen LogP contribution is 2.30. The molecule has 1 aliphatic rings. The first-order chi connectivity index (χ1) is 10.1. The zero-order chi connectivity index (χ0) is 16.5. The van der Waals surface area contributed by atoms with Crippen LogP contribution < -0.4 is 0 Å². The molecule has 1 fully saturated rings. The van der Waals surface area contributed by atoms with Crippen molar-refractivity contribution in [2.75, 3.05) is 6.54 Å². The summed E-state index contributed by atoms with van der Waals surface area (Å²) in [6.45, 7) is 3.46. The van der Waals surface area contributed by atoms with Crippen LogP contribution in [0.4, 0.5) is 4.39 Å². The number of hydrogen-bond acceptors (Lipinski definition) is 4. The molecule has 1 aromatic rings. The van der Waals surface area contributed by atoms with Gasteiger partial charge in [-0.1, -0.05) is 0 Å². The van der Waals surface area contributed by atoms with E-state index in [1.165, 1.54) is 16.4 Å². The third kappa shape index (κ3) is 3.46. The standard InChI is InChI=1S/C15H19FN2O3S/c1-15(2,19)14-4-3-7-18(14)22(20,21)10-12-8-11(9-17)5-6-13(12)16/h5-6,8,14,19H,3-4,7,10H2,1-2H3. The van der Waals surface area contributed by atoms with E-state index < -0.39 is 33.2 Å². The largest absolute Gasteiger partial charge is 0.389 e. The van der Waals surface area contributed by atoms with Gasteiger partial charge in [-0.2, -0.15) is 9.57 Å². The van der Waals surface area contributed by atoms with Crippen LogP contribution in [0.25, 0.3) is 0 Å². The first-order valence-corrected chi connectivity index (χ1v) is 8.66. The van der Waals surface area contributed by atoms with Gasteiger partial charge in [-0.25, -0.2) is 12.8 Å². The topological polar surface area (TPSA) is 81.4 Å². The van der Waals surface area contributed by atoms with Gasteiger partial charge in [0, 0.05) is 12.1 Å². The number of benzene rings is 1. The average Bonchev–Trinajstić information content (AvgIpc) is 2.91. The fraction of sp³-hybridized carbons (Fsp3) is 0.533. The van der Waals surface area contributed by atoms with Crippen molar-refractivity contribution in [1.82, 2.24) is 4.31 Å². The second-order valence-corrected chi connectivity index (χ2v) is 8.02. The summed E-state index contributed by atoms with van der Waals surface area (Å²) in [5.41, 5.74) is -0.969. The second-order valence-electron chi connectivity index (χ2n) is 6.10. The number of aliphatic hydroxyl groups is 1. The number of rotatable bonds is 4. The van der Waals surface area contributed by atoms with Gasteiger partial charge >= 0.3 is 0 Å². The molecular formula is C15H19FN2O3S. The normalized spacial score (nSPS) is 20.0. The molecule has 0 amide bonds. The van der Waals surface area contributed by atoms with Crippen molar-refractivity contribution in [3.05, 3.63) is 35.1 Å². The Hall–Kier alpha value is -1.49. The average molecular weight is 326 g/mol. The maximum atomic E-state index is 13.8. The lowest BCUT2D eigenvalue weighted by atomic mass is 9.98. The maximum Gasteiger partial charge on any atom is 0.218 e. The summed E-state index contributed by atoms with van der Waals surface area (Å²) in [5, 5.41) is 19.0. The molecular weight excluding hydrogens is 307 g/mol. The molecule has 7 heteroatoms. The Kier molecular flexibility index (Phi) is 4.57. The van der Waals surface area contributed by atoms with Crippen LogP contribution in [-0.2, 0) is 15.8 Å². The summed E-state index contributed by atoms with van der Waals surface area (Å²) in [4.78, 5) is 0. The quantitative estimate of drug-likeness (QED) is 0.914. The Balaban J connectivity index is 2.30. The van der Waals surface area contributed by atoms with E-state index in [2.05, 4.69) is 0 Å². The smallest absolute Gasteiger partial charge is 0.218 e. The molecule has 0 bridgehead atoms. The summed E-state index contributed by atoms with van der Waals surface area (Å²) in [6, 6.07) is 5.01. The van der Waals surface area contributed by atoms with E-state index in [4.69, 9.17) is 5.26 Å². The van der Waals surface area contributed by atoms with Crippen LogP contribution in [0.2, 0.25) is 0 Å². The van der Waals surface area contributed by atoms with Crippen LogP contribution in [-0.4, -0.2) is 36.0 Å². The van der Waals surface area contributed by atoms with Crippen LogP contribution >= 0.6 is 0 Å². The first-order valence-electron chi connectivity index (χ1n) is 7.05. The van der Waals surface area contributed by atoms with Crippen molar-refractivity contribution in [2.45, 2.75) is 44.1 Å². The molecule has 0 aliphatic carbocycles. The summed E-state index contributed by atoms with van der Waals surface area (Å²) in [6.07, 6.45) is 1.23. The van der Waals surface area contributed by atoms with Crippen LogP contribution in [0.1, 0.15) is 37.8 Å². The lowest BCUT2D eigenvalue weighted by Crippen LogP contribution is -2.48. The van der Waals surface area contributed by atoms with Gasteiger partial charge in [0.25, 0.3) is 0 Å². The van der Waals surface area contributed by atoms with E-state index in [1.54, 1.807) is 13.8 Å². The minimum absolute atomic E-state index is 0.0274. The number of hydrogen-bond donors (Lipinski definition) is 1. The highest BCUT2D eigenvalue weighted by molar-refractivity contribution is 7.88. The second kappa shape index (κ2) is 5.95. The van der Waals surface area contributed by atoms with Gasteiger partial charge in [0.2, 0.25) is 10.0 Å². The summed E-state index contributed by atoms with van der Waals surface area (Å²) in [5.74, 6) is -1.16. The van der Waals surface area contributed by atoms with Crippen molar-refractivity contribution in [3.63, 3.8) is 0 Å². The van der Waals surface area contributed by atoms with E-state index in [9.17, 15) is 17.9 Å². The Morgan fingerprint density at radius 1 is 1.50 bits per heavy atom. The minimum Gasteiger partial charge on any atom is -0.389 e. The number of sulfonamides is 1. The molecule has 0 radical (unpaired) electrons. The number of nitriles is 1. The Bertz CT molecular complexity index is 704. The van der Waals surface area contributed by atoms with E-state index >= 15 is 0 Å². The first kappa shape index (κ1) is 16.9. The minimum atomic E-state index is -3.77. The van der Waals surface area contributed by atoms with Gasteiger partial charge in [-0.05, 0) is 44.9 Å². The van der Waals surface area contributed by atoms with Gasteiger partial charge in [0.15, 0.2) is 0 Å². The van der Waals surface area contributed by atoms with Crippen molar-refractivity contribution < 1.29 is 17.9 Å². The maximum absolute atomic E-state index is 13.8. The van der Waals surface area contributed by atoms with Crippen molar-refractivity contribution in [3.8, 4) is 6.07 Å². The number of nitrogens with zero attached hydrogens (tertiary/aromatic N) is 2. The van der Waals surface area contributed by atoms with Gasteiger partial charge in [0.05, 0.1) is 29.0 Å². The van der Waals surface area contributed by atoms with E-state index in [0.29, 0.717) is 19.4 Å². The van der Waals surface area contributed by atoms with E-state index in [0.717, 1.165) is 6.07 Å². The van der Waals surface area contributed by atoms with Crippen molar-refractivity contribution in [1.29, 1.82) is 5.26 Å². The molecule has 1 N–H and O–H groups in total. The fourth-order valence-corrected chi connectivity index (χ4v) is 4.75. The molecule has 1 unspecified atom stereocenters. The predicted octanol–water partition coefficient (Wildman–Crippen LogP) is 1.76. The molecule has 0 aromatic heterocycles. The van der Waals surface area contributed by atoms with Gasteiger partial charge in [-0.15, -0.1) is 0 Å². The summed E-state index contributed by atoms with van der Waals surface area (Å²) in [7, 11) is -3.77. The highest BCUT2D eigenvalue weighted by atomic mass is 32.2. The molecule has 0 saturated carbocycles. The van der Waals surface area contributed by atoms with Crippen LogP contribution in [0.5, 0.6) is 0 Å².